The average molecular weight is 332 g/mol. The van der Waals surface area contributed by atoms with E-state index in [2.05, 4.69) is 10.6 Å². The van der Waals surface area contributed by atoms with Gasteiger partial charge in [0.25, 0.3) is 11.8 Å². The highest BCUT2D eigenvalue weighted by molar-refractivity contribution is 7.08. The lowest BCUT2D eigenvalue weighted by Gasteiger charge is -2.16. The molecule has 1 unspecified atom stereocenters. The molecule has 1 atom stereocenters. The summed E-state index contributed by atoms with van der Waals surface area (Å²) in [7, 11) is 0. The van der Waals surface area contributed by atoms with E-state index in [-0.39, 0.29) is 24.3 Å². The van der Waals surface area contributed by atoms with Crippen LogP contribution in [0.5, 0.6) is 0 Å². The van der Waals surface area contributed by atoms with E-state index in [0.29, 0.717) is 16.8 Å². The SMILES string of the molecule is CC(C)C(O)CNC(=O)c1ccccc1NC(=O)c1ccsc1. The van der Waals surface area contributed by atoms with Crippen molar-refractivity contribution in [3.05, 3.63) is 52.2 Å². The summed E-state index contributed by atoms with van der Waals surface area (Å²) in [6.45, 7) is 3.93. The molecule has 0 radical (unpaired) electrons. The number of anilines is 1. The molecule has 1 aromatic heterocycles. The molecule has 6 heteroatoms. The molecule has 2 aromatic rings. The van der Waals surface area contributed by atoms with E-state index in [1.807, 2.05) is 19.2 Å². The van der Waals surface area contributed by atoms with E-state index in [0.717, 1.165) is 0 Å². The van der Waals surface area contributed by atoms with Crippen LogP contribution >= 0.6 is 11.3 Å². The molecule has 0 aliphatic rings. The van der Waals surface area contributed by atoms with Crippen molar-refractivity contribution in [2.45, 2.75) is 20.0 Å². The Morgan fingerprint density at radius 3 is 2.57 bits per heavy atom. The van der Waals surface area contributed by atoms with Gasteiger partial charge in [-0.2, -0.15) is 11.3 Å². The monoisotopic (exact) mass is 332 g/mol. The summed E-state index contributed by atoms with van der Waals surface area (Å²) in [5.41, 5.74) is 1.37. The van der Waals surface area contributed by atoms with Crippen LogP contribution in [0.3, 0.4) is 0 Å². The van der Waals surface area contributed by atoms with Crippen LogP contribution in [0.1, 0.15) is 34.6 Å². The van der Waals surface area contributed by atoms with Gasteiger partial charge in [-0.15, -0.1) is 0 Å². The maximum Gasteiger partial charge on any atom is 0.256 e. The van der Waals surface area contributed by atoms with Crippen LogP contribution in [0.25, 0.3) is 0 Å². The smallest absolute Gasteiger partial charge is 0.256 e. The molecular weight excluding hydrogens is 312 g/mol. The topological polar surface area (TPSA) is 78.4 Å². The highest BCUT2D eigenvalue weighted by Crippen LogP contribution is 2.17. The van der Waals surface area contributed by atoms with Gasteiger partial charge in [0.15, 0.2) is 0 Å². The number of aliphatic hydroxyl groups excluding tert-OH is 1. The van der Waals surface area contributed by atoms with E-state index >= 15 is 0 Å². The van der Waals surface area contributed by atoms with Gasteiger partial charge in [0, 0.05) is 11.9 Å². The fourth-order valence-electron chi connectivity index (χ4n) is 1.91. The zero-order valence-corrected chi connectivity index (χ0v) is 13.9. The third kappa shape index (κ3) is 4.64. The molecular formula is C17H20N2O3S. The van der Waals surface area contributed by atoms with Crippen molar-refractivity contribution in [1.82, 2.24) is 5.32 Å². The molecule has 1 heterocycles. The Morgan fingerprint density at radius 1 is 1.17 bits per heavy atom. The van der Waals surface area contributed by atoms with Crippen LogP contribution in [0.2, 0.25) is 0 Å². The van der Waals surface area contributed by atoms with Gasteiger partial charge >= 0.3 is 0 Å². The first kappa shape index (κ1) is 17.2. The number of nitrogens with one attached hydrogen (secondary N) is 2. The van der Waals surface area contributed by atoms with Gasteiger partial charge in [-0.1, -0.05) is 26.0 Å². The number of amides is 2. The van der Waals surface area contributed by atoms with Gasteiger partial charge < -0.3 is 15.7 Å². The summed E-state index contributed by atoms with van der Waals surface area (Å²) in [5, 5.41) is 18.8. The van der Waals surface area contributed by atoms with Crippen LogP contribution in [0, 0.1) is 5.92 Å². The quantitative estimate of drug-likeness (QED) is 0.761. The molecule has 0 fully saturated rings. The van der Waals surface area contributed by atoms with Crippen molar-refractivity contribution in [1.29, 1.82) is 0 Å². The van der Waals surface area contributed by atoms with Gasteiger partial charge in [-0.3, -0.25) is 9.59 Å². The van der Waals surface area contributed by atoms with E-state index in [1.54, 1.807) is 35.7 Å². The van der Waals surface area contributed by atoms with Crippen molar-refractivity contribution in [2.24, 2.45) is 5.92 Å². The minimum atomic E-state index is -0.605. The lowest BCUT2D eigenvalue weighted by molar-refractivity contribution is 0.0872. The predicted octanol–water partition coefficient (Wildman–Crippen LogP) is 2.75. The molecule has 122 valence electrons. The molecule has 0 bridgehead atoms. The number of rotatable bonds is 6. The largest absolute Gasteiger partial charge is 0.391 e. The highest BCUT2D eigenvalue weighted by Gasteiger charge is 2.16. The summed E-state index contributed by atoms with van der Waals surface area (Å²) >= 11 is 1.44. The van der Waals surface area contributed by atoms with Gasteiger partial charge in [0.05, 0.1) is 22.9 Å². The van der Waals surface area contributed by atoms with Crippen LogP contribution in [-0.4, -0.2) is 29.6 Å². The summed E-state index contributed by atoms with van der Waals surface area (Å²) in [6.07, 6.45) is -0.605. The molecule has 5 nitrogen and oxygen atoms in total. The van der Waals surface area contributed by atoms with Gasteiger partial charge in [0.2, 0.25) is 0 Å². The molecule has 0 saturated heterocycles. The number of hydrogen-bond acceptors (Lipinski definition) is 4. The Morgan fingerprint density at radius 2 is 1.91 bits per heavy atom. The molecule has 23 heavy (non-hydrogen) atoms. The van der Waals surface area contributed by atoms with Gasteiger partial charge in [0.1, 0.15) is 0 Å². The third-order valence-electron chi connectivity index (χ3n) is 3.44. The molecule has 0 aliphatic heterocycles. The van der Waals surface area contributed by atoms with E-state index in [9.17, 15) is 14.7 Å². The normalized spacial score (nSPS) is 12.0. The number of hydrogen-bond donors (Lipinski definition) is 3. The van der Waals surface area contributed by atoms with Crippen LogP contribution < -0.4 is 10.6 Å². The Kier molecular flexibility index (Phi) is 5.90. The summed E-state index contributed by atoms with van der Waals surface area (Å²) in [5.74, 6) is -0.525. The maximum absolute atomic E-state index is 12.3. The molecule has 2 amide bonds. The van der Waals surface area contributed by atoms with Crippen molar-refractivity contribution in [2.75, 3.05) is 11.9 Å². The number of carbonyl (C=O) groups excluding carboxylic acids is 2. The Hall–Kier alpha value is -2.18. The summed E-state index contributed by atoms with van der Waals surface area (Å²) in [4.78, 5) is 24.4. The van der Waals surface area contributed by atoms with Crippen molar-refractivity contribution in [3.63, 3.8) is 0 Å². The Bertz CT molecular complexity index is 668. The maximum atomic E-state index is 12.3. The zero-order valence-electron chi connectivity index (χ0n) is 13.1. The third-order valence-corrected chi connectivity index (χ3v) is 4.13. The van der Waals surface area contributed by atoms with Gasteiger partial charge in [-0.25, -0.2) is 0 Å². The Labute approximate surface area is 139 Å². The van der Waals surface area contributed by atoms with Crippen LogP contribution in [-0.2, 0) is 0 Å². The lowest BCUT2D eigenvalue weighted by atomic mass is 10.1. The highest BCUT2D eigenvalue weighted by atomic mass is 32.1. The van der Waals surface area contributed by atoms with E-state index < -0.39 is 6.10 Å². The molecule has 3 N–H and O–H groups in total. The van der Waals surface area contributed by atoms with Crippen LogP contribution in [0.15, 0.2) is 41.1 Å². The predicted molar refractivity (Wildman–Crippen MR) is 91.9 cm³/mol. The Balaban J connectivity index is 2.08. The fraction of sp³-hybridized carbons (Fsp3) is 0.294. The molecule has 2 rings (SSSR count). The first-order valence-corrected chi connectivity index (χ1v) is 8.32. The first-order valence-electron chi connectivity index (χ1n) is 7.38. The molecule has 0 spiro atoms. The van der Waals surface area contributed by atoms with Crippen molar-refractivity contribution < 1.29 is 14.7 Å². The number of carbonyl (C=O) groups is 2. The number of aliphatic hydroxyl groups is 1. The number of benzene rings is 1. The first-order chi connectivity index (χ1) is 11.0. The zero-order chi connectivity index (χ0) is 16.8. The van der Waals surface area contributed by atoms with Crippen molar-refractivity contribution >= 4 is 28.8 Å². The van der Waals surface area contributed by atoms with Gasteiger partial charge in [-0.05, 0) is 29.5 Å². The standard InChI is InChI=1S/C17H20N2O3S/c1-11(2)15(20)9-18-17(22)13-5-3-4-6-14(13)19-16(21)12-7-8-23-10-12/h3-8,10-11,15,20H,9H2,1-2H3,(H,18,22)(H,19,21). The minimum Gasteiger partial charge on any atom is -0.391 e. The second-order valence-corrected chi connectivity index (χ2v) is 6.31. The van der Waals surface area contributed by atoms with E-state index in [1.165, 1.54) is 11.3 Å². The minimum absolute atomic E-state index is 0.0591. The fourth-order valence-corrected chi connectivity index (χ4v) is 2.54. The summed E-state index contributed by atoms with van der Waals surface area (Å²) in [6, 6.07) is 8.52. The molecule has 0 aliphatic carbocycles. The molecule has 0 saturated carbocycles. The lowest BCUT2D eigenvalue weighted by Crippen LogP contribution is -2.35. The second-order valence-electron chi connectivity index (χ2n) is 5.53. The summed E-state index contributed by atoms with van der Waals surface area (Å²) < 4.78 is 0. The number of para-hydroxylation sites is 1. The number of thiophene rings is 1. The van der Waals surface area contributed by atoms with E-state index in [4.69, 9.17) is 0 Å². The second kappa shape index (κ2) is 7.89. The molecule has 1 aromatic carbocycles. The average Bonchev–Trinajstić information content (AvgIpc) is 3.07. The van der Waals surface area contributed by atoms with Crippen molar-refractivity contribution in [3.8, 4) is 0 Å². The van der Waals surface area contributed by atoms with Crippen LogP contribution in [0.4, 0.5) is 5.69 Å².